The Balaban J connectivity index is 1.36. The van der Waals surface area contributed by atoms with Gasteiger partial charge < -0.3 is 15.0 Å². The summed E-state index contributed by atoms with van der Waals surface area (Å²) in [5, 5.41) is 4.04. The highest BCUT2D eigenvalue weighted by Gasteiger charge is 2.40. The monoisotopic (exact) mass is 643 g/mol. The van der Waals surface area contributed by atoms with Gasteiger partial charge in [-0.3, -0.25) is 9.36 Å². The number of nitrogens with one attached hydrogen (secondary N) is 1. The third kappa shape index (κ3) is 7.07. The zero-order valence-corrected chi connectivity index (χ0v) is 26.9. The molecule has 2 atom stereocenters. The highest BCUT2D eigenvalue weighted by molar-refractivity contribution is 7.91. The summed E-state index contributed by atoms with van der Waals surface area (Å²) in [6.07, 6.45) is 4.42. The summed E-state index contributed by atoms with van der Waals surface area (Å²) in [5.41, 5.74) is 1.57. The molecule has 0 spiro atoms. The second-order valence-electron chi connectivity index (χ2n) is 13.1. The minimum atomic E-state index is -3.11. The average Bonchev–Trinajstić information content (AvgIpc) is 2.99. The minimum Gasteiger partial charge on any atom is -0.381 e. The molecular weight excluding hydrogens is 600 g/mol. The van der Waals surface area contributed by atoms with Crippen molar-refractivity contribution in [1.82, 2.24) is 19.4 Å². The van der Waals surface area contributed by atoms with Crippen LogP contribution in [0.4, 0.5) is 14.6 Å². The number of ether oxygens (including phenoxy) is 1. The fourth-order valence-electron chi connectivity index (χ4n) is 7.01. The third-order valence-corrected chi connectivity index (χ3v) is 11.5. The maximum atomic E-state index is 15.5. The highest BCUT2D eigenvalue weighted by Crippen LogP contribution is 2.39. The average molecular weight is 644 g/mol. The Morgan fingerprint density at radius 1 is 1.02 bits per heavy atom. The van der Waals surface area contributed by atoms with Crippen LogP contribution in [0.15, 0.2) is 41.5 Å². The van der Waals surface area contributed by atoms with Gasteiger partial charge >= 0.3 is 0 Å². The lowest BCUT2D eigenvalue weighted by Crippen LogP contribution is -2.52. The number of hydrogen-bond donors (Lipinski definition) is 1. The van der Waals surface area contributed by atoms with Crippen molar-refractivity contribution < 1.29 is 21.9 Å². The normalized spacial score (nSPS) is 27.9. The fourth-order valence-corrected chi connectivity index (χ4v) is 8.50. The highest BCUT2D eigenvalue weighted by atomic mass is 32.2. The Morgan fingerprint density at radius 3 is 2.56 bits per heavy atom. The Kier molecular flexibility index (Phi) is 9.27. The number of sulfone groups is 1. The van der Waals surface area contributed by atoms with Crippen molar-refractivity contribution >= 4 is 26.7 Å². The lowest BCUT2D eigenvalue weighted by molar-refractivity contribution is -0.0644. The van der Waals surface area contributed by atoms with Gasteiger partial charge in [0.15, 0.2) is 0 Å². The second-order valence-corrected chi connectivity index (χ2v) is 15.4. The number of anilines is 1. The molecule has 1 aromatic carbocycles. The van der Waals surface area contributed by atoms with Crippen molar-refractivity contribution in [1.29, 1.82) is 0 Å². The van der Waals surface area contributed by atoms with E-state index in [0.717, 1.165) is 12.8 Å². The number of pyridine rings is 1. The van der Waals surface area contributed by atoms with E-state index in [2.05, 4.69) is 27.1 Å². The molecule has 2 fully saturated rings. The van der Waals surface area contributed by atoms with Crippen LogP contribution in [0, 0.1) is 5.92 Å². The molecular formula is C33H43F2N5O4S. The quantitative estimate of drug-likeness (QED) is 0.383. The predicted molar refractivity (Wildman–Crippen MR) is 171 cm³/mol. The van der Waals surface area contributed by atoms with E-state index < -0.39 is 15.8 Å². The van der Waals surface area contributed by atoms with Crippen molar-refractivity contribution in [2.24, 2.45) is 5.92 Å². The van der Waals surface area contributed by atoms with E-state index in [1.807, 2.05) is 13.0 Å². The van der Waals surface area contributed by atoms with Crippen LogP contribution in [0.2, 0.25) is 0 Å². The summed E-state index contributed by atoms with van der Waals surface area (Å²) in [4.78, 5) is 25.2. The van der Waals surface area contributed by atoms with Crippen LogP contribution in [0.5, 0.6) is 0 Å². The number of fused-ring (bicyclic) bond motifs is 9. The van der Waals surface area contributed by atoms with Crippen LogP contribution in [0.25, 0.3) is 11.0 Å². The molecule has 8 bridgehead atoms. The van der Waals surface area contributed by atoms with Gasteiger partial charge in [0.05, 0.1) is 16.9 Å². The molecule has 9 nitrogen and oxygen atoms in total. The first-order valence-electron chi connectivity index (χ1n) is 16.2. The van der Waals surface area contributed by atoms with Crippen LogP contribution in [-0.2, 0) is 27.0 Å². The van der Waals surface area contributed by atoms with E-state index in [0.29, 0.717) is 86.1 Å². The topological polar surface area (TPSA) is 106 Å². The van der Waals surface area contributed by atoms with Crippen molar-refractivity contribution in [2.75, 3.05) is 43.1 Å². The van der Waals surface area contributed by atoms with E-state index in [4.69, 9.17) is 4.74 Å². The molecule has 2 aromatic heterocycles. The summed E-state index contributed by atoms with van der Waals surface area (Å²) >= 11 is 0. The molecule has 1 N–H and O–H groups in total. The lowest BCUT2D eigenvalue weighted by atomic mass is 9.88. The number of rotatable bonds is 1. The molecule has 45 heavy (non-hydrogen) atoms. The van der Waals surface area contributed by atoms with Crippen molar-refractivity contribution in [3.05, 3.63) is 63.7 Å². The summed E-state index contributed by atoms with van der Waals surface area (Å²) in [5.74, 6) is -2.59. The number of halogens is 2. The van der Waals surface area contributed by atoms with Crippen LogP contribution in [0.3, 0.4) is 0 Å². The summed E-state index contributed by atoms with van der Waals surface area (Å²) in [7, 11) is -3.11. The maximum Gasteiger partial charge on any atom is 0.273 e. The molecule has 4 aliphatic heterocycles. The van der Waals surface area contributed by atoms with Crippen LogP contribution < -0.4 is 10.9 Å². The van der Waals surface area contributed by atoms with E-state index in [1.165, 1.54) is 12.4 Å². The largest absolute Gasteiger partial charge is 0.381 e. The van der Waals surface area contributed by atoms with E-state index >= 15 is 8.78 Å². The van der Waals surface area contributed by atoms with Crippen molar-refractivity contribution in [3.63, 3.8) is 0 Å². The Morgan fingerprint density at radius 2 is 1.78 bits per heavy atom. The van der Waals surface area contributed by atoms with E-state index in [-0.39, 0.29) is 46.9 Å². The summed E-state index contributed by atoms with van der Waals surface area (Å²) in [6, 6.07) is 8.33. The molecule has 0 aliphatic carbocycles. The smallest absolute Gasteiger partial charge is 0.273 e. The molecule has 0 radical (unpaired) electrons. The number of benzene rings is 1. The van der Waals surface area contributed by atoms with Crippen molar-refractivity contribution in [2.45, 2.75) is 82.8 Å². The van der Waals surface area contributed by atoms with Crippen LogP contribution in [0.1, 0.15) is 81.0 Å². The van der Waals surface area contributed by atoms with Crippen LogP contribution in [-0.4, -0.2) is 71.7 Å². The Labute approximate surface area is 263 Å². The zero-order chi connectivity index (χ0) is 31.8. The number of aryl methyl sites for hydroxylation is 1. The number of aromatic nitrogens is 3. The van der Waals surface area contributed by atoms with Gasteiger partial charge in [-0.05, 0) is 75.5 Å². The van der Waals surface area contributed by atoms with Gasteiger partial charge in [0, 0.05) is 62.5 Å². The van der Waals surface area contributed by atoms with Gasteiger partial charge in [0.25, 0.3) is 11.5 Å². The summed E-state index contributed by atoms with van der Waals surface area (Å²) in [6.45, 7) is 6.88. The number of alkyl halides is 2. The maximum absolute atomic E-state index is 15.5. The minimum absolute atomic E-state index is 0.00959. The number of nitrogens with zero attached hydrogens (tertiary/aromatic N) is 4. The second kappa shape index (κ2) is 13.0. The first-order chi connectivity index (χ1) is 21.5. The van der Waals surface area contributed by atoms with Gasteiger partial charge in [-0.1, -0.05) is 18.2 Å². The molecule has 12 heteroatoms. The van der Waals surface area contributed by atoms with Crippen LogP contribution >= 0.6 is 0 Å². The predicted octanol–water partition coefficient (Wildman–Crippen LogP) is 5.26. The molecule has 7 rings (SSSR count). The zero-order valence-electron chi connectivity index (χ0n) is 26.1. The van der Waals surface area contributed by atoms with Gasteiger partial charge in [-0.25, -0.2) is 27.2 Å². The molecule has 6 heterocycles. The summed E-state index contributed by atoms with van der Waals surface area (Å²) < 4.78 is 63.0. The SMILES string of the molecule is CC1CCCOCCCn2c(=O)c(C3CCS(=O)(=O)CC3)cc3c(ncnc32)N[C@H](C)c2cccc(c2)C(F)(F)CC2CN1C2. The molecule has 4 aliphatic rings. The molecule has 244 valence electrons. The van der Waals surface area contributed by atoms with Gasteiger partial charge in [-0.15, -0.1) is 0 Å². The van der Waals surface area contributed by atoms with Gasteiger partial charge in [0.1, 0.15) is 27.6 Å². The molecule has 3 aromatic rings. The van der Waals surface area contributed by atoms with Crippen molar-refractivity contribution in [3.8, 4) is 0 Å². The fraction of sp³-hybridized carbons (Fsp3) is 0.606. The first kappa shape index (κ1) is 32.0. The lowest BCUT2D eigenvalue weighted by Gasteiger charge is -2.44. The Hall–Kier alpha value is -2.96. The number of hydrogen-bond acceptors (Lipinski definition) is 8. The first-order valence-corrected chi connectivity index (χ1v) is 18.0. The molecule has 1 unspecified atom stereocenters. The van der Waals surface area contributed by atoms with Gasteiger partial charge in [0.2, 0.25) is 0 Å². The molecule has 0 amide bonds. The van der Waals surface area contributed by atoms with Gasteiger partial charge in [-0.2, -0.15) is 0 Å². The molecule has 0 saturated carbocycles. The van der Waals surface area contributed by atoms with E-state index in [9.17, 15) is 13.2 Å². The third-order valence-electron chi connectivity index (χ3n) is 9.80. The van der Waals surface area contributed by atoms with E-state index in [1.54, 1.807) is 22.8 Å². The standard InChI is InChI=1S/C33H43F2N5O4S/c1-22-6-4-12-44-13-5-11-40-31-29(17-28(32(40)41)25-9-14-45(42,43)15-10-25)30(36-21-37-31)38-23(2)26-7-3-8-27(16-26)33(34,35)18-24-19-39(22)20-24/h3,7-8,16-17,21-25H,4-6,9-15,18-20H2,1-2H3,(H,36,37,38)/t22?,23-/m1/s1. The Bertz CT molecular complexity index is 1680. The molecule has 2 saturated heterocycles.